The molecule has 4 aromatic rings. The van der Waals surface area contributed by atoms with E-state index in [1.54, 1.807) is 42.5 Å². The number of anilines is 1. The number of hydrogen-bond donors (Lipinski definition) is 1. The van der Waals surface area contributed by atoms with Gasteiger partial charge in [-0.3, -0.25) is 13.9 Å². The van der Waals surface area contributed by atoms with Gasteiger partial charge in [-0.05, 0) is 60.9 Å². The van der Waals surface area contributed by atoms with Crippen molar-refractivity contribution in [1.82, 2.24) is 10.2 Å². The van der Waals surface area contributed by atoms with Crippen molar-refractivity contribution in [3.63, 3.8) is 0 Å². The SMILES string of the molecule is CCCCNC(=O)C(Cc1ccccc1)N(Cc1ccc(C)cc1)C(=O)CN(c1ccc(OC)cc1)S(=O)(=O)c1ccccc1. The molecule has 236 valence electrons. The van der Waals surface area contributed by atoms with Crippen LogP contribution in [0.2, 0.25) is 0 Å². The number of aryl methyl sites for hydroxylation is 1. The first-order valence-corrected chi connectivity index (χ1v) is 16.6. The summed E-state index contributed by atoms with van der Waals surface area (Å²) in [5.74, 6) is -0.234. The first-order chi connectivity index (χ1) is 21.7. The summed E-state index contributed by atoms with van der Waals surface area (Å²) in [6, 6.07) is 30.9. The number of carbonyl (C=O) groups is 2. The number of benzene rings is 4. The number of methoxy groups -OCH3 is 1. The second-order valence-electron chi connectivity index (χ2n) is 10.9. The van der Waals surface area contributed by atoms with Gasteiger partial charge in [-0.1, -0.05) is 91.7 Å². The third kappa shape index (κ3) is 8.95. The summed E-state index contributed by atoms with van der Waals surface area (Å²) in [6.07, 6.45) is 1.98. The molecule has 4 aromatic carbocycles. The van der Waals surface area contributed by atoms with E-state index in [9.17, 15) is 18.0 Å². The van der Waals surface area contributed by atoms with Gasteiger partial charge in [-0.15, -0.1) is 0 Å². The van der Waals surface area contributed by atoms with Crippen LogP contribution in [0.15, 0.2) is 114 Å². The Kier molecular flexibility index (Phi) is 11.8. The van der Waals surface area contributed by atoms with Crippen LogP contribution in [0.4, 0.5) is 5.69 Å². The molecule has 0 spiro atoms. The quantitative estimate of drug-likeness (QED) is 0.169. The van der Waals surface area contributed by atoms with Gasteiger partial charge in [0, 0.05) is 19.5 Å². The molecular formula is C36H41N3O5S. The largest absolute Gasteiger partial charge is 0.497 e. The highest BCUT2D eigenvalue weighted by molar-refractivity contribution is 7.92. The lowest BCUT2D eigenvalue weighted by Crippen LogP contribution is -2.53. The fourth-order valence-electron chi connectivity index (χ4n) is 4.95. The van der Waals surface area contributed by atoms with Gasteiger partial charge in [0.1, 0.15) is 18.3 Å². The number of carbonyl (C=O) groups excluding carboxylic acids is 2. The number of amides is 2. The second kappa shape index (κ2) is 15.9. The molecule has 0 saturated heterocycles. The van der Waals surface area contributed by atoms with E-state index in [-0.39, 0.29) is 23.8 Å². The minimum Gasteiger partial charge on any atom is -0.497 e. The molecule has 0 aliphatic rings. The molecule has 0 heterocycles. The molecule has 0 saturated carbocycles. The van der Waals surface area contributed by atoms with Crippen molar-refractivity contribution in [1.29, 1.82) is 0 Å². The van der Waals surface area contributed by atoms with Gasteiger partial charge < -0.3 is 15.0 Å². The zero-order valence-electron chi connectivity index (χ0n) is 26.1. The summed E-state index contributed by atoms with van der Waals surface area (Å²) in [5, 5.41) is 3.01. The Bertz CT molecular complexity index is 1630. The summed E-state index contributed by atoms with van der Waals surface area (Å²) in [5.41, 5.74) is 3.08. The van der Waals surface area contributed by atoms with Crippen LogP contribution in [0, 0.1) is 6.92 Å². The summed E-state index contributed by atoms with van der Waals surface area (Å²) in [6.45, 7) is 4.12. The smallest absolute Gasteiger partial charge is 0.264 e. The van der Waals surface area contributed by atoms with E-state index < -0.39 is 28.5 Å². The van der Waals surface area contributed by atoms with E-state index in [0.29, 0.717) is 18.0 Å². The predicted molar refractivity (Wildman–Crippen MR) is 178 cm³/mol. The molecule has 1 N–H and O–H groups in total. The summed E-state index contributed by atoms with van der Waals surface area (Å²) < 4.78 is 34.5. The highest BCUT2D eigenvalue weighted by Gasteiger charge is 2.34. The van der Waals surface area contributed by atoms with Crippen molar-refractivity contribution in [3.8, 4) is 5.75 Å². The monoisotopic (exact) mass is 627 g/mol. The van der Waals surface area contributed by atoms with E-state index in [1.807, 2.05) is 68.4 Å². The lowest BCUT2D eigenvalue weighted by atomic mass is 10.0. The Morgan fingerprint density at radius 1 is 0.822 bits per heavy atom. The van der Waals surface area contributed by atoms with E-state index in [4.69, 9.17) is 4.74 Å². The van der Waals surface area contributed by atoms with Crippen LogP contribution in [-0.2, 0) is 32.6 Å². The van der Waals surface area contributed by atoms with Crippen molar-refractivity contribution in [2.75, 3.05) is 24.5 Å². The molecule has 1 atom stereocenters. The standard InChI is InChI=1S/C36H41N3O5S/c1-4-5-24-37-36(41)34(25-29-12-8-6-9-13-29)38(26-30-18-16-28(2)17-19-30)35(40)27-39(31-20-22-32(44-3)23-21-31)45(42,43)33-14-10-7-11-15-33/h6-23,34H,4-5,24-27H2,1-3H3,(H,37,41). The molecule has 0 aliphatic carbocycles. The molecular weight excluding hydrogens is 586 g/mol. The minimum absolute atomic E-state index is 0.0526. The van der Waals surface area contributed by atoms with Gasteiger partial charge in [-0.2, -0.15) is 0 Å². The Balaban J connectivity index is 1.77. The van der Waals surface area contributed by atoms with Gasteiger partial charge in [-0.25, -0.2) is 8.42 Å². The maximum Gasteiger partial charge on any atom is 0.264 e. The third-order valence-electron chi connectivity index (χ3n) is 7.54. The van der Waals surface area contributed by atoms with Crippen molar-refractivity contribution in [2.45, 2.75) is 50.6 Å². The first kappa shape index (κ1) is 33.3. The average Bonchev–Trinajstić information content (AvgIpc) is 3.07. The molecule has 8 nitrogen and oxygen atoms in total. The Morgan fingerprint density at radius 3 is 2.04 bits per heavy atom. The highest BCUT2D eigenvalue weighted by Crippen LogP contribution is 2.27. The van der Waals surface area contributed by atoms with Crippen molar-refractivity contribution < 1.29 is 22.7 Å². The zero-order chi connectivity index (χ0) is 32.2. The third-order valence-corrected chi connectivity index (χ3v) is 9.33. The molecule has 4 rings (SSSR count). The molecule has 1 unspecified atom stereocenters. The predicted octanol–water partition coefficient (Wildman–Crippen LogP) is 5.76. The number of sulfonamides is 1. The van der Waals surface area contributed by atoms with E-state index in [1.165, 1.54) is 24.1 Å². The number of unbranched alkanes of at least 4 members (excludes halogenated alkanes) is 1. The summed E-state index contributed by atoms with van der Waals surface area (Å²) in [4.78, 5) is 29.8. The van der Waals surface area contributed by atoms with Crippen LogP contribution in [0.1, 0.15) is 36.5 Å². The van der Waals surface area contributed by atoms with Crippen LogP contribution in [-0.4, -0.2) is 51.4 Å². The van der Waals surface area contributed by atoms with Gasteiger partial charge >= 0.3 is 0 Å². The van der Waals surface area contributed by atoms with Crippen molar-refractivity contribution in [2.24, 2.45) is 0 Å². The van der Waals surface area contributed by atoms with Crippen LogP contribution in [0.5, 0.6) is 5.75 Å². The van der Waals surface area contributed by atoms with Crippen LogP contribution in [0.3, 0.4) is 0 Å². The lowest BCUT2D eigenvalue weighted by molar-refractivity contribution is -0.140. The van der Waals surface area contributed by atoms with E-state index in [0.717, 1.165) is 33.8 Å². The van der Waals surface area contributed by atoms with Gasteiger partial charge in [0.25, 0.3) is 10.0 Å². The van der Waals surface area contributed by atoms with Crippen LogP contribution in [0.25, 0.3) is 0 Å². The van der Waals surface area contributed by atoms with Crippen LogP contribution < -0.4 is 14.4 Å². The average molecular weight is 628 g/mol. The lowest BCUT2D eigenvalue weighted by Gasteiger charge is -2.34. The normalized spacial score (nSPS) is 11.8. The second-order valence-corrected chi connectivity index (χ2v) is 12.7. The number of hydrogen-bond acceptors (Lipinski definition) is 5. The molecule has 45 heavy (non-hydrogen) atoms. The number of ether oxygens (including phenoxy) is 1. The molecule has 0 fully saturated rings. The van der Waals surface area contributed by atoms with Crippen LogP contribution >= 0.6 is 0 Å². The minimum atomic E-state index is -4.16. The van der Waals surface area contributed by atoms with Gasteiger partial charge in [0.05, 0.1) is 17.7 Å². The number of rotatable bonds is 15. The Labute approximate surface area is 266 Å². The molecule has 0 bridgehead atoms. The van der Waals surface area contributed by atoms with E-state index >= 15 is 0 Å². The molecule has 0 radical (unpaired) electrons. The van der Waals surface area contributed by atoms with Crippen molar-refractivity contribution >= 4 is 27.5 Å². The Morgan fingerprint density at radius 2 is 1.44 bits per heavy atom. The topological polar surface area (TPSA) is 96.0 Å². The summed E-state index contributed by atoms with van der Waals surface area (Å²) >= 11 is 0. The molecule has 0 aromatic heterocycles. The van der Waals surface area contributed by atoms with Gasteiger partial charge in [0.2, 0.25) is 11.8 Å². The van der Waals surface area contributed by atoms with Crippen molar-refractivity contribution in [3.05, 3.63) is 126 Å². The van der Waals surface area contributed by atoms with Gasteiger partial charge in [0.15, 0.2) is 0 Å². The fraction of sp³-hybridized carbons (Fsp3) is 0.278. The summed E-state index contributed by atoms with van der Waals surface area (Å²) in [7, 11) is -2.63. The molecule has 2 amide bonds. The maximum absolute atomic E-state index is 14.5. The number of nitrogens with zero attached hydrogens (tertiary/aromatic N) is 2. The Hall–Kier alpha value is -4.63. The maximum atomic E-state index is 14.5. The highest BCUT2D eigenvalue weighted by atomic mass is 32.2. The zero-order valence-corrected chi connectivity index (χ0v) is 26.9. The number of nitrogens with one attached hydrogen (secondary N) is 1. The molecule has 0 aliphatic heterocycles. The van der Waals surface area contributed by atoms with E-state index in [2.05, 4.69) is 5.32 Å². The molecule has 9 heteroatoms. The first-order valence-electron chi connectivity index (χ1n) is 15.1. The fourth-order valence-corrected chi connectivity index (χ4v) is 6.38.